The Labute approximate surface area is 198 Å². The van der Waals surface area contributed by atoms with Crippen LogP contribution in [0.5, 0.6) is 5.75 Å². The van der Waals surface area contributed by atoms with E-state index in [0.29, 0.717) is 12.4 Å². The van der Waals surface area contributed by atoms with Crippen LogP contribution in [0.2, 0.25) is 0 Å². The van der Waals surface area contributed by atoms with Crippen LogP contribution in [0.4, 0.5) is 4.39 Å². The van der Waals surface area contributed by atoms with E-state index < -0.39 is 11.9 Å². The highest BCUT2D eigenvalue weighted by molar-refractivity contribution is 5.83. The second-order valence-electron chi connectivity index (χ2n) is 8.08. The van der Waals surface area contributed by atoms with E-state index in [-0.39, 0.29) is 31.4 Å². The van der Waals surface area contributed by atoms with E-state index >= 15 is 0 Å². The van der Waals surface area contributed by atoms with Crippen LogP contribution < -0.4 is 4.74 Å². The number of hydrogen-bond acceptors (Lipinski definition) is 4. The van der Waals surface area contributed by atoms with Gasteiger partial charge in [0.05, 0.1) is 12.5 Å². The third kappa shape index (κ3) is 7.15. The maximum absolute atomic E-state index is 13.1. The summed E-state index contributed by atoms with van der Waals surface area (Å²) in [6, 6.07) is 21.4. The molecular formula is C27H28FNO5. The summed E-state index contributed by atoms with van der Waals surface area (Å²) < 4.78 is 24.0. The van der Waals surface area contributed by atoms with Crippen LogP contribution in [0.3, 0.4) is 0 Å². The quantitative estimate of drug-likeness (QED) is 0.442. The molecule has 0 radical (unpaired) electrons. The third-order valence-electron chi connectivity index (χ3n) is 5.28. The van der Waals surface area contributed by atoms with Gasteiger partial charge >= 0.3 is 5.97 Å². The van der Waals surface area contributed by atoms with Crippen molar-refractivity contribution in [2.45, 2.75) is 20.1 Å². The number of benzene rings is 3. The summed E-state index contributed by atoms with van der Waals surface area (Å²) in [7, 11) is 1.51. The number of carbonyl (C=O) groups excluding carboxylic acids is 1. The highest BCUT2D eigenvalue weighted by Crippen LogP contribution is 2.23. The second kappa shape index (κ2) is 12.0. The minimum absolute atomic E-state index is 0.180. The zero-order valence-electron chi connectivity index (χ0n) is 19.2. The summed E-state index contributed by atoms with van der Waals surface area (Å²) in [5.74, 6) is -1.36. The molecule has 34 heavy (non-hydrogen) atoms. The van der Waals surface area contributed by atoms with Crippen molar-refractivity contribution in [3.8, 4) is 16.9 Å². The lowest BCUT2D eigenvalue weighted by Gasteiger charge is -2.24. The van der Waals surface area contributed by atoms with Gasteiger partial charge in [-0.05, 0) is 46.5 Å². The van der Waals surface area contributed by atoms with E-state index in [0.717, 1.165) is 22.3 Å². The lowest BCUT2D eigenvalue weighted by Crippen LogP contribution is -2.39. The van der Waals surface area contributed by atoms with Crippen molar-refractivity contribution in [2.75, 3.05) is 20.3 Å². The Morgan fingerprint density at radius 3 is 2.21 bits per heavy atom. The summed E-state index contributed by atoms with van der Waals surface area (Å²) in [5.41, 5.74) is 3.58. The summed E-state index contributed by atoms with van der Waals surface area (Å²) in [4.78, 5) is 25.3. The van der Waals surface area contributed by atoms with Crippen LogP contribution in [0, 0.1) is 11.7 Å². The van der Waals surface area contributed by atoms with Gasteiger partial charge in [0.25, 0.3) is 0 Å². The second-order valence-corrected chi connectivity index (χ2v) is 8.08. The van der Waals surface area contributed by atoms with Gasteiger partial charge < -0.3 is 19.5 Å². The molecule has 3 aromatic rings. The van der Waals surface area contributed by atoms with Crippen LogP contribution in [0.15, 0.2) is 72.8 Å². The van der Waals surface area contributed by atoms with Crippen LogP contribution >= 0.6 is 0 Å². The first-order chi connectivity index (χ1) is 16.4. The van der Waals surface area contributed by atoms with Gasteiger partial charge in [0.2, 0.25) is 5.91 Å². The lowest BCUT2D eigenvalue weighted by atomic mass is 10.1. The van der Waals surface area contributed by atoms with Crippen molar-refractivity contribution in [3.63, 3.8) is 0 Å². The van der Waals surface area contributed by atoms with Gasteiger partial charge in [-0.1, -0.05) is 55.5 Å². The lowest BCUT2D eigenvalue weighted by molar-refractivity contribution is -0.147. The van der Waals surface area contributed by atoms with Gasteiger partial charge in [0, 0.05) is 13.7 Å². The Morgan fingerprint density at radius 2 is 1.59 bits per heavy atom. The molecule has 7 heteroatoms. The molecule has 178 valence electrons. The predicted molar refractivity (Wildman–Crippen MR) is 127 cm³/mol. The van der Waals surface area contributed by atoms with Crippen molar-refractivity contribution < 1.29 is 28.6 Å². The number of ether oxygens (including phenoxy) is 2. The molecule has 1 unspecified atom stereocenters. The molecule has 0 aromatic heterocycles. The van der Waals surface area contributed by atoms with Crippen molar-refractivity contribution in [2.24, 2.45) is 5.92 Å². The fourth-order valence-corrected chi connectivity index (χ4v) is 3.60. The molecular weight excluding hydrogens is 437 g/mol. The molecule has 0 heterocycles. The predicted octanol–water partition coefficient (Wildman–Crippen LogP) is 4.77. The van der Waals surface area contributed by atoms with Crippen LogP contribution in [0.1, 0.15) is 18.1 Å². The minimum atomic E-state index is -1.07. The molecule has 0 aliphatic rings. The van der Waals surface area contributed by atoms with E-state index in [1.54, 1.807) is 19.1 Å². The normalized spacial score (nSPS) is 11.6. The molecule has 6 nitrogen and oxygen atoms in total. The SMILES string of the molecule is COCC(C)C(=O)N(CC(=O)O)Cc1cccc(COc2ccc(-c3ccc(F)cc3)cc2)c1. The van der Waals surface area contributed by atoms with Gasteiger partial charge in [-0.3, -0.25) is 9.59 Å². The van der Waals surface area contributed by atoms with Gasteiger partial charge in [-0.2, -0.15) is 0 Å². The van der Waals surface area contributed by atoms with Crippen molar-refractivity contribution in [3.05, 3.63) is 89.7 Å². The smallest absolute Gasteiger partial charge is 0.323 e. The number of carbonyl (C=O) groups is 2. The maximum Gasteiger partial charge on any atom is 0.323 e. The highest BCUT2D eigenvalue weighted by Gasteiger charge is 2.22. The van der Waals surface area contributed by atoms with Gasteiger partial charge in [0.15, 0.2) is 0 Å². The maximum atomic E-state index is 13.1. The largest absolute Gasteiger partial charge is 0.489 e. The summed E-state index contributed by atoms with van der Waals surface area (Å²) in [6.07, 6.45) is 0. The molecule has 0 fully saturated rings. The summed E-state index contributed by atoms with van der Waals surface area (Å²) >= 11 is 0. The molecule has 0 saturated heterocycles. The van der Waals surface area contributed by atoms with E-state index in [1.807, 2.05) is 48.5 Å². The molecule has 1 atom stereocenters. The number of amides is 1. The zero-order valence-corrected chi connectivity index (χ0v) is 19.2. The molecule has 0 aliphatic heterocycles. The molecule has 3 rings (SSSR count). The van der Waals surface area contributed by atoms with Gasteiger partial charge in [-0.15, -0.1) is 0 Å². The monoisotopic (exact) mass is 465 g/mol. The van der Waals surface area contributed by atoms with Gasteiger partial charge in [-0.25, -0.2) is 4.39 Å². The first-order valence-electron chi connectivity index (χ1n) is 10.9. The van der Waals surface area contributed by atoms with E-state index in [2.05, 4.69) is 0 Å². The highest BCUT2D eigenvalue weighted by atomic mass is 19.1. The number of nitrogens with zero attached hydrogens (tertiary/aromatic N) is 1. The number of hydrogen-bond donors (Lipinski definition) is 1. The van der Waals surface area contributed by atoms with E-state index in [1.165, 1.54) is 24.1 Å². The number of halogens is 1. The standard InChI is InChI=1S/C27H28FNO5/c1-19(17-33-2)27(32)29(16-26(30)31)15-20-4-3-5-21(14-20)18-34-25-12-8-23(9-13-25)22-6-10-24(28)11-7-22/h3-14,19H,15-18H2,1-2H3,(H,30,31). The number of carboxylic acids is 1. The first kappa shape index (κ1) is 24.9. The molecule has 1 N–H and O–H groups in total. The van der Waals surface area contributed by atoms with Crippen molar-refractivity contribution >= 4 is 11.9 Å². The van der Waals surface area contributed by atoms with Crippen molar-refractivity contribution in [1.29, 1.82) is 0 Å². The molecule has 3 aromatic carbocycles. The van der Waals surface area contributed by atoms with Crippen LogP contribution in [-0.4, -0.2) is 42.1 Å². The van der Waals surface area contributed by atoms with E-state index in [9.17, 15) is 19.1 Å². The van der Waals surface area contributed by atoms with Crippen LogP contribution in [-0.2, 0) is 27.5 Å². The first-order valence-corrected chi connectivity index (χ1v) is 10.9. The fraction of sp³-hybridized carbons (Fsp3) is 0.259. The zero-order chi connectivity index (χ0) is 24.5. The average molecular weight is 466 g/mol. The minimum Gasteiger partial charge on any atom is -0.489 e. The number of rotatable bonds is 11. The number of aliphatic carboxylic acids is 1. The Morgan fingerprint density at radius 1 is 0.971 bits per heavy atom. The third-order valence-corrected chi connectivity index (χ3v) is 5.28. The fourth-order valence-electron chi connectivity index (χ4n) is 3.60. The summed E-state index contributed by atoms with van der Waals surface area (Å²) in [5, 5.41) is 9.23. The molecule has 0 saturated carbocycles. The summed E-state index contributed by atoms with van der Waals surface area (Å²) in [6.45, 7) is 2.05. The topological polar surface area (TPSA) is 76.1 Å². The Bertz CT molecular complexity index is 1100. The van der Waals surface area contributed by atoms with Crippen LogP contribution in [0.25, 0.3) is 11.1 Å². The van der Waals surface area contributed by atoms with Gasteiger partial charge in [0.1, 0.15) is 24.7 Å². The number of methoxy groups -OCH3 is 1. The molecule has 0 spiro atoms. The Hall–Kier alpha value is -3.71. The molecule has 0 bridgehead atoms. The average Bonchev–Trinajstić information content (AvgIpc) is 2.83. The van der Waals surface area contributed by atoms with Crippen molar-refractivity contribution in [1.82, 2.24) is 4.90 Å². The molecule has 1 amide bonds. The number of carboxylic acid groups (broad SMARTS) is 1. The van der Waals surface area contributed by atoms with E-state index in [4.69, 9.17) is 9.47 Å². The Kier molecular flexibility index (Phi) is 8.76. The Balaban J connectivity index is 1.63. The molecule has 0 aliphatic carbocycles.